The Balaban J connectivity index is 1.55. The van der Waals surface area contributed by atoms with E-state index in [0.29, 0.717) is 6.10 Å². The van der Waals surface area contributed by atoms with Crippen LogP contribution in [0.1, 0.15) is 25.7 Å². The Morgan fingerprint density at radius 3 is 2.89 bits per heavy atom. The summed E-state index contributed by atoms with van der Waals surface area (Å²) in [4.78, 5) is 4.96. The minimum absolute atomic E-state index is 0.473. The molecular formula is C14H29N3O. The first kappa shape index (κ1) is 14.3. The van der Waals surface area contributed by atoms with Gasteiger partial charge in [-0.25, -0.2) is 0 Å². The van der Waals surface area contributed by atoms with Crippen LogP contribution in [0.3, 0.4) is 0 Å². The molecule has 1 N–H and O–H groups in total. The fraction of sp³-hybridized carbons (Fsp3) is 1.00. The van der Waals surface area contributed by atoms with Crippen molar-refractivity contribution in [2.45, 2.75) is 37.8 Å². The molecule has 0 radical (unpaired) electrons. The van der Waals surface area contributed by atoms with Gasteiger partial charge in [0.2, 0.25) is 0 Å². The molecule has 2 aliphatic rings. The van der Waals surface area contributed by atoms with Crippen molar-refractivity contribution in [1.29, 1.82) is 0 Å². The first-order valence-corrected chi connectivity index (χ1v) is 7.47. The highest BCUT2D eigenvalue weighted by atomic mass is 16.5. The van der Waals surface area contributed by atoms with Crippen LogP contribution in [0.25, 0.3) is 0 Å². The van der Waals surface area contributed by atoms with Crippen LogP contribution in [0.4, 0.5) is 0 Å². The van der Waals surface area contributed by atoms with Crippen LogP contribution in [0.5, 0.6) is 0 Å². The van der Waals surface area contributed by atoms with Crippen LogP contribution in [0.15, 0.2) is 0 Å². The molecule has 2 fully saturated rings. The highest BCUT2D eigenvalue weighted by molar-refractivity contribution is 4.78. The molecule has 0 amide bonds. The molecule has 18 heavy (non-hydrogen) atoms. The molecule has 106 valence electrons. The summed E-state index contributed by atoms with van der Waals surface area (Å²) in [6, 6.07) is 0.747. The molecule has 0 saturated carbocycles. The second-order valence-electron chi connectivity index (χ2n) is 5.90. The molecule has 0 aromatic carbocycles. The van der Waals surface area contributed by atoms with Gasteiger partial charge in [0.05, 0.1) is 6.10 Å². The van der Waals surface area contributed by atoms with Crippen molar-refractivity contribution in [3.8, 4) is 0 Å². The third-order valence-electron chi connectivity index (χ3n) is 4.21. The molecule has 2 unspecified atom stereocenters. The Labute approximate surface area is 112 Å². The molecule has 0 aliphatic carbocycles. The van der Waals surface area contributed by atoms with Crippen molar-refractivity contribution in [2.24, 2.45) is 0 Å². The van der Waals surface area contributed by atoms with Crippen molar-refractivity contribution in [3.05, 3.63) is 0 Å². The maximum absolute atomic E-state index is 5.61. The number of likely N-dealkylation sites (N-methyl/N-ethyl adjacent to an activating group) is 1. The van der Waals surface area contributed by atoms with Gasteiger partial charge >= 0.3 is 0 Å². The van der Waals surface area contributed by atoms with Gasteiger partial charge in [-0.2, -0.15) is 0 Å². The van der Waals surface area contributed by atoms with E-state index >= 15 is 0 Å². The van der Waals surface area contributed by atoms with E-state index in [0.717, 1.165) is 25.7 Å². The topological polar surface area (TPSA) is 27.7 Å². The summed E-state index contributed by atoms with van der Waals surface area (Å²) in [7, 11) is 4.40. The first-order chi connectivity index (χ1) is 8.75. The van der Waals surface area contributed by atoms with Gasteiger partial charge in [0, 0.05) is 38.8 Å². The maximum atomic E-state index is 5.61. The Morgan fingerprint density at radius 1 is 1.28 bits per heavy atom. The molecule has 0 aromatic rings. The van der Waals surface area contributed by atoms with Crippen LogP contribution in [-0.4, -0.2) is 75.4 Å². The van der Waals surface area contributed by atoms with Crippen LogP contribution < -0.4 is 5.32 Å². The molecule has 4 heteroatoms. The standard InChI is InChI=1S/C14H29N3O/c1-16(2)13-5-3-8-17(12-13)9-7-15-11-14-6-4-10-18-14/h13-15H,3-12H2,1-2H3. The SMILES string of the molecule is CN(C)C1CCCN(CCNCC2CCCO2)C1. The van der Waals surface area contributed by atoms with E-state index in [9.17, 15) is 0 Å². The molecule has 2 rings (SSSR count). The number of nitrogens with one attached hydrogen (secondary N) is 1. The van der Waals surface area contributed by atoms with Gasteiger partial charge < -0.3 is 19.9 Å². The minimum Gasteiger partial charge on any atom is -0.377 e. The van der Waals surface area contributed by atoms with Gasteiger partial charge in [-0.1, -0.05) is 0 Å². The molecule has 4 nitrogen and oxygen atoms in total. The van der Waals surface area contributed by atoms with E-state index in [2.05, 4.69) is 29.2 Å². The summed E-state index contributed by atoms with van der Waals surface area (Å²) in [5, 5.41) is 3.54. The highest BCUT2D eigenvalue weighted by Gasteiger charge is 2.21. The second kappa shape index (κ2) is 7.43. The van der Waals surface area contributed by atoms with E-state index in [1.807, 2.05) is 0 Å². The summed E-state index contributed by atoms with van der Waals surface area (Å²) in [5.41, 5.74) is 0. The summed E-state index contributed by atoms with van der Waals surface area (Å²) in [5.74, 6) is 0. The van der Waals surface area contributed by atoms with Gasteiger partial charge in [0.25, 0.3) is 0 Å². The lowest BCUT2D eigenvalue weighted by Crippen LogP contribution is -2.47. The Bertz CT molecular complexity index is 229. The zero-order chi connectivity index (χ0) is 12.8. The third-order valence-corrected chi connectivity index (χ3v) is 4.21. The van der Waals surface area contributed by atoms with Crippen molar-refractivity contribution in [1.82, 2.24) is 15.1 Å². The van der Waals surface area contributed by atoms with Gasteiger partial charge in [-0.3, -0.25) is 0 Å². The lowest BCUT2D eigenvalue weighted by Gasteiger charge is -2.36. The number of ether oxygens (including phenoxy) is 1. The van der Waals surface area contributed by atoms with Gasteiger partial charge in [0.1, 0.15) is 0 Å². The summed E-state index contributed by atoms with van der Waals surface area (Å²) < 4.78 is 5.61. The number of rotatable bonds is 6. The lowest BCUT2D eigenvalue weighted by atomic mass is 10.1. The number of likely N-dealkylation sites (tertiary alicyclic amines) is 1. The van der Waals surface area contributed by atoms with Crippen molar-refractivity contribution in [3.63, 3.8) is 0 Å². The summed E-state index contributed by atoms with van der Waals surface area (Å²) in [6.07, 6.45) is 5.64. The van der Waals surface area contributed by atoms with Crippen molar-refractivity contribution >= 4 is 0 Å². The Hall–Kier alpha value is -0.160. The van der Waals surface area contributed by atoms with E-state index < -0.39 is 0 Å². The van der Waals surface area contributed by atoms with Crippen molar-refractivity contribution in [2.75, 3.05) is 53.4 Å². The molecule has 2 aliphatic heterocycles. The predicted octanol–water partition coefficient (Wildman–Crippen LogP) is 0.781. The number of piperidine rings is 1. The Kier molecular flexibility index (Phi) is 5.89. The smallest absolute Gasteiger partial charge is 0.0700 e. The highest BCUT2D eigenvalue weighted by Crippen LogP contribution is 2.13. The molecule has 0 bridgehead atoms. The summed E-state index contributed by atoms with van der Waals surface area (Å²) in [6.45, 7) is 6.77. The molecule has 2 heterocycles. The normalized spacial score (nSPS) is 30.2. The van der Waals surface area contributed by atoms with E-state index in [-0.39, 0.29) is 0 Å². The monoisotopic (exact) mass is 255 g/mol. The fourth-order valence-electron chi connectivity index (χ4n) is 2.96. The number of nitrogens with zero attached hydrogens (tertiary/aromatic N) is 2. The Morgan fingerprint density at radius 2 is 2.17 bits per heavy atom. The molecule has 0 spiro atoms. The summed E-state index contributed by atoms with van der Waals surface area (Å²) >= 11 is 0. The average Bonchev–Trinajstić information content (AvgIpc) is 2.88. The quantitative estimate of drug-likeness (QED) is 0.710. The third kappa shape index (κ3) is 4.50. The van der Waals surface area contributed by atoms with Gasteiger partial charge in [-0.05, 0) is 46.3 Å². The zero-order valence-corrected chi connectivity index (χ0v) is 12.0. The van der Waals surface area contributed by atoms with Crippen LogP contribution in [0, 0.1) is 0 Å². The predicted molar refractivity (Wildman–Crippen MR) is 75.0 cm³/mol. The molecule has 0 aromatic heterocycles. The number of hydrogen-bond donors (Lipinski definition) is 1. The van der Waals surface area contributed by atoms with Crippen LogP contribution in [0.2, 0.25) is 0 Å². The largest absolute Gasteiger partial charge is 0.377 e. The second-order valence-corrected chi connectivity index (χ2v) is 5.90. The fourth-order valence-corrected chi connectivity index (χ4v) is 2.96. The van der Waals surface area contributed by atoms with Crippen LogP contribution >= 0.6 is 0 Å². The zero-order valence-electron chi connectivity index (χ0n) is 12.0. The molecule has 2 atom stereocenters. The van der Waals surface area contributed by atoms with E-state index in [1.165, 1.54) is 45.3 Å². The van der Waals surface area contributed by atoms with E-state index in [1.54, 1.807) is 0 Å². The minimum atomic E-state index is 0.473. The van der Waals surface area contributed by atoms with Crippen molar-refractivity contribution < 1.29 is 4.74 Å². The van der Waals surface area contributed by atoms with Gasteiger partial charge in [-0.15, -0.1) is 0 Å². The molecular weight excluding hydrogens is 226 g/mol. The van der Waals surface area contributed by atoms with Gasteiger partial charge in [0.15, 0.2) is 0 Å². The molecule has 2 saturated heterocycles. The first-order valence-electron chi connectivity index (χ1n) is 7.47. The van der Waals surface area contributed by atoms with E-state index in [4.69, 9.17) is 4.74 Å². The van der Waals surface area contributed by atoms with Crippen LogP contribution in [-0.2, 0) is 4.74 Å². The lowest BCUT2D eigenvalue weighted by molar-refractivity contribution is 0.106. The average molecular weight is 255 g/mol. The maximum Gasteiger partial charge on any atom is 0.0700 e. The number of hydrogen-bond acceptors (Lipinski definition) is 4.